The molecule has 0 spiro atoms. The van der Waals surface area contributed by atoms with E-state index in [-0.39, 0.29) is 40.8 Å². The van der Waals surface area contributed by atoms with Gasteiger partial charge in [-0.2, -0.15) is 0 Å². The molecule has 0 bridgehead atoms. The van der Waals surface area contributed by atoms with Crippen LogP contribution in [0, 0.1) is 0 Å². The van der Waals surface area contributed by atoms with Crippen LogP contribution >= 0.6 is 11.6 Å². The van der Waals surface area contributed by atoms with Gasteiger partial charge in [0, 0.05) is 19.4 Å². The Kier molecular flexibility index (Phi) is 6.54. The smallest absolute Gasteiger partial charge is 0.338 e. The Bertz CT molecular complexity index is 835. The predicted octanol–water partition coefficient (Wildman–Crippen LogP) is 3.14. The maximum Gasteiger partial charge on any atom is 0.338 e. The molecule has 9 heteroatoms. The van der Waals surface area contributed by atoms with Gasteiger partial charge in [0.1, 0.15) is 6.61 Å². The van der Waals surface area contributed by atoms with Crippen LogP contribution in [0.2, 0.25) is 5.02 Å². The number of phenols is 1. The first-order valence-corrected chi connectivity index (χ1v) is 9.90. The lowest BCUT2D eigenvalue weighted by molar-refractivity contribution is -0.142. The number of rotatable bonds is 6. The number of hydrogen-bond donors (Lipinski definition) is 2. The largest absolute Gasteiger partial charge is 0.503 e. The van der Waals surface area contributed by atoms with Crippen molar-refractivity contribution in [3.8, 4) is 11.5 Å². The molecular weight excluding hydrogens is 400 g/mol. The second-order valence-electron chi connectivity index (χ2n) is 6.96. The molecule has 2 heterocycles. The molecule has 8 nitrogen and oxygen atoms in total. The van der Waals surface area contributed by atoms with Gasteiger partial charge in [-0.1, -0.05) is 11.6 Å². The number of carbonyl (C=O) groups excluding carboxylic acids is 2. The van der Waals surface area contributed by atoms with Crippen LogP contribution in [0.1, 0.15) is 38.3 Å². The third-order valence-electron chi connectivity index (χ3n) is 5.08. The van der Waals surface area contributed by atoms with Gasteiger partial charge in [0.25, 0.3) is 0 Å². The lowest BCUT2D eigenvalue weighted by Gasteiger charge is -2.33. The average molecular weight is 425 g/mol. The average Bonchev–Trinajstić information content (AvgIpc) is 3.21. The second-order valence-corrected chi connectivity index (χ2v) is 7.36. The molecule has 2 N–H and O–H groups in total. The van der Waals surface area contributed by atoms with Gasteiger partial charge in [-0.15, -0.1) is 0 Å². The topological polar surface area (TPSA) is 97.3 Å². The fourth-order valence-corrected chi connectivity index (χ4v) is 3.62. The summed E-state index contributed by atoms with van der Waals surface area (Å²) >= 11 is 6.15. The number of halogens is 1. The highest BCUT2D eigenvalue weighted by atomic mass is 35.5. The number of esters is 1. The van der Waals surface area contributed by atoms with Gasteiger partial charge in [-0.3, -0.25) is 0 Å². The molecule has 1 aromatic carbocycles. The quantitative estimate of drug-likeness (QED) is 0.681. The number of nitrogens with zero attached hydrogens (tertiary/aromatic N) is 1. The van der Waals surface area contributed by atoms with Crippen molar-refractivity contribution >= 4 is 23.6 Å². The van der Waals surface area contributed by atoms with Crippen LogP contribution in [-0.4, -0.2) is 55.0 Å². The first kappa shape index (κ1) is 21.3. The van der Waals surface area contributed by atoms with Crippen molar-refractivity contribution in [1.82, 2.24) is 10.2 Å². The Hall–Kier alpha value is -2.45. The molecule has 2 aliphatic heterocycles. The molecule has 1 saturated heterocycles. The molecule has 158 valence electrons. The summed E-state index contributed by atoms with van der Waals surface area (Å²) in [7, 11) is 1.57. The molecule has 0 radical (unpaired) electrons. The summed E-state index contributed by atoms with van der Waals surface area (Å²) in [5.74, 6) is -0.565. The minimum Gasteiger partial charge on any atom is -0.503 e. The van der Waals surface area contributed by atoms with Gasteiger partial charge in [0.05, 0.1) is 29.3 Å². The van der Waals surface area contributed by atoms with Crippen molar-refractivity contribution in [1.29, 1.82) is 0 Å². The fourth-order valence-electron chi connectivity index (χ4n) is 3.40. The molecule has 0 aliphatic carbocycles. The Morgan fingerprint density at radius 2 is 2.21 bits per heavy atom. The highest BCUT2D eigenvalue weighted by molar-refractivity contribution is 6.32. The highest BCUT2D eigenvalue weighted by Crippen LogP contribution is 2.40. The van der Waals surface area contributed by atoms with E-state index in [0.29, 0.717) is 24.5 Å². The number of benzene rings is 1. The van der Waals surface area contributed by atoms with E-state index in [4.69, 9.17) is 25.8 Å². The summed E-state index contributed by atoms with van der Waals surface area (Å²) in [5, 5.41) is 13.0. The van der Waals surface area contributed by atoms with Crippen molar-refractivity contribution in [2.45, 2.75) is 38.8 Å². The molecule has 0 unspecified atom stereocenters. The minimum absolute atomic E-state index is 0.0591. The molecule has 29 heavy (non-hydrogen) atoms. The Labute approximate surface area is 174 Å². The Morgan fingerprint density at radius 3 is 2.86 bits per heavy atom. The number of nitrogens with one attached hydrogen (secondary N) is 1. The monoisotopic (exact) mass is 424 g/mol. The van der Waals surface area contributed by atoms with Crippen LogP contribution in [0.3, 0.4) is 0 Å². The maximum atomic E-state index is 12.9. The molecule has 2 amide bonds. The number of phenolic OH excluding ortho intramolecular Hbond substituents is 1. The summed E-state index contributed by atoms with van der Waals surface area (Å²) < 4.78 is 16.4. The molecule has 2 aliphatic rings. The number of amides is 2. The third-order valence-corrected chi connectivity index (χ3v) is 5.37. The Morgan fingerprint density at radius 1 is 1.45 bits per heavy atom. The lowest BCUT2D eigenvalue weighted by atomic mass is 9.94. The fraction of sp³-hybridized carbons (Fsp3) is 0.500. The second kappa shape index (κ2) is 8.92. The lowest BCUT2D eigenvalue weighted by Crippen LogP contribution is -2.46. The van der Waals surface area contributed by atoms with E-state index >= 15 is 0 Å². The molecule has 1 aromatic rings. The van der Waals surface area contributed by atoms with Gasteiger partial charge in [-0.05, 0) is 44.4 Å². The number of hydrogen-bond acceptors (Lipinski definition) is 6. The third kappa shape index (κ3) is 4.43. The van der Waals surface area contributed by atoms with E-state index in [1.165, 1.54) is 11.0 Å². The highest BCUT2D eigenvalue weighted by Gasteiger charge is 2.36. The van der Waals surface area contributed by atoms with Crippen LogP contribution in [-0.2, 0) is 14.3 Å². The zero-order valence-corrected chi connectivity index (χ0v) is 17.4. The van der Waals surface area contributed by atoms with Gasteiger partial charge in [-0.25, -0.2) is 9.59 Å². The van der Waals surface area contributed by atoms with Crippen LogP contribution in [0.4, 0.5) is 4.79 Å². The summed E-state index contributed by atoms with van der Waals surface area (Å²) in [5.41, 5.74) is 1.26. The van der Waals surface area contributed by atoms with Crippen molar-refractivity contribution in [3.05, 3.63) is 34.0 Å². The van der Waals surface area contributed by atoms with E-state index in [2.05, 4.69) is 5.32 Å². The van der Waals surface area contributed by atoms with Crippen molar-refractivity contribution in [2.24, 2.45) is 0 Å². The predicted molar refractivity (Wildman–Crippen MR) is 106 cm³/mol. The number of urea groups is 1. The molecular formula is C20H25ClN2O6. The molecule has 0 aromatic heterocycles. The Balaban J connectivity index is 1.94. The van der Waals surface area contributed by atoms with Gasteiger partial charge >= 0.3 is 12.0 Å². The zero-order valence-electron chi connectivity index (χ0n) is 16.7. The first-order chi connectivity index (χ1) is 13.8. The van der Waals surface area contributed by atoms with Crippen LogP contribution in [0.25, 0.3) is 0 Å². The zero-order chi connectivity index (χ0) is 21.1. The van der Waals surface area contributed by atoms with Crippen LogP contribution in [0.5, 0.6) is 11.5 Å². The number of ether oxygens (including phenoxy) is 3. The first-order valence-electron chi connectivity index (χ1n) is 9.52. The van der Waals surface area contributed by atoms with Gasteiger partial charge in [0.15, 0.2) is 11.5 Å². The van der Waals surface area contributed by atoms with Crippen LogP contribution < -0.4 is 10.1 Å². The van der Waals surface area contributed by atoms with Crippen molar-refractivity contribution in [3.63, 3.8) is 0 Å². The van der Waals surface area contributed by atoms with E-state index in [1.54, 1.807) is 27.0 Å². The summed E-state index contributed by atoms with van der Waals surface area (Å²) in [4.78, 5) is 26.7. The standard InChI is InChI=1S/C20H25ClN2O6/c1-4-27-15-9-12(8-14(21)18(15)24)17-16(11(2)23(3)20(26)22-17)19(25)29-10-13-6-5-7-28-13/h8-9,13,17,24H,4-7,10H2,1-3H3,(H,22,26)/t13-,17-/m1/s1. The van der Waals surface area contributed by atoms with E-state index in [9.17, 15) is 14.7 Å². The molecule has 0 saturated carbocycles. The van der Waals surface area contributed by atoms with Crippen LogP contribution in [0.15, 0.2) is 23.4 Å². The normalized spacial score (nSPS) is 21.9. The van der Waals surface area contributed by atoms with Crippen molar-refractivity contribution < 1.29 is 28.9 Å². The minimum atomic E-state index is -0.798. The molecule has 3 rings (SSSR count). The van der Waals surface area contributed by atoms with E-state index in [1.807, 2.05) is 0 Å². The number of aromatic hydroxyl groups is 1. The summed E-state index contributed by atoms with van der Waals surface area (Å²) in [6.45, 7) is 4.59. The van der Waals surface area contributed by atoms with Crippen molar-refractivity contribution in [2.75, 3.05) is 26.9 Å². The summed E-state index contributed by atoms with van der Waals surface area (Å²) in [6, 6.07) is 1.89. The van der Waals surface area contributed by atoms with Gasteiger partial charge in [0.2, 0.25) is 0 Å². The molecule has 1 fully saturated rings. The van der Waals surface area contributed by atoms with E-state index in [0.717, 1.165) is 12.8 Å². The SMILES string of the molecule is CCOc1cc([C@H]2NC(=O)N(C)C(C)=C2C(=O)OC[C@H]2CCCO2)cc(Cl)c1O. The number of allylic oxidation sites excluding steroid dienone is 1. The maximum absolute atomic E-state index is 12.9. The molecule has 2 atom stereocenters. The van der Waals surface area contributed by atoms with Gasteiger partial charge < -0.3 is 29.5 Å². The van der Waals surface area contributed by atoms with E-state index < -0.39 is 12.0 Å². The summed E-state index contributed by atoms with van der Waals surface area (Å²) in [6.07, 6.45) is 1.68. The number of carbonyl (C=O) groups is 2.